The van der Waals surface area contributed by atoms with Crippen molar-refractivity contribution in [1.29, 1.82) is 0 Å². The van der Waals surface area contributed by atoms with E-state index < -0.39 is 10.0 Å². The predicted molar refractivity (Wildman–Crippen MR) is 79.9 cm³/mol. The van der Waals surface area contributed by atoms with Crippen LogP contribution in [0.2, 0.25) is 0 Å². The average Bonchev–Trinajstić information content (AvgIpc) is 2.91. The molecule has 3 N–H and O–H groups in total. The fourth-order valence-electron chi connectivity index (χ4n) is 1.96. The Morgan fingerprint density at radius 3 is 2.59 bits per heavy atom. The summed E-state index contributed by atoms with van der Waals surface area (Å²) in [6, 6.07) is 6.02. The van der Waals surface area contributed by atoms with Gasteiger partial charge in [0, 0.05) is 12.2 Å². The molecule has 0 radical (unpaired) electrons. The average molecular weight is 319 g/mol. The molecule has 0 fully saturated rings. The van der Waals surface area contributed by atoms with Crippen molar-refractivity contribution in [3.05, 3.63) is 30.6 Å². The number of aryl methyl sites for hydroxylation is 1. The molecule has 0 spiro atoms. The van der Waals surface area contributed by atoms with E-state index in [9.17, 15) is 8.42 Å². The van der Waals surface area contributed by atoms with Crippen molar-refractivity contribution in [1.82, 2.24) is 25.0 Å². The normalized spacial score (nSPS) is 11.7. The minimum atomic E-state index is -3.71. The zero-order valence-electron chi connectivity index (χ0n) is 11.6. The summed E-state index contributed by atoms with van der Waals surface area (Å²) in [7, 11) is -3.71. The van der Waals surface area contributed by atoms with E-state index in [0.29, 0.717) is 29.2 Å². The van der Waals surface area contributed by atoms with Crippen LogP contribution in [0.1, 0.15) is 6.92 Å². The summed E-state index contributed by atoms with van der Waals surface area (Å²) >= 11 is 0. The van der Waals surface area contributed by atoms with Gasteiger partial charge in [-0.2, -0.15) is 0 Å². The number of rotatable bonds is 4. The molecule has 0 saturated carbocycles. The van der Waals surface area contributed by atoms with Crippen molar-refractivity contribution < 1.29 is 8.42 Å². The molecule has 0 amide bonds. The van der Waals surface area contributed by atoms with Crippen LogP contribution >= 0.6 is 0 Å². The van der Waals surface area contributed by atoms with Crippen LogP contribution in [0, 0.1) is 0 Å². The third-order valence-electron chi connectivity index (χ3n) is 3.05. The number of aromatic nitrogens is 5. The Morgan fingerprint density at radius 1 is 1.23 bits per heavy atom. The van der Waals surface area contributed by atoms with Crippen molar-refractivity contribution in [2.24, 2.45) is 5.14 Å². The van der Waals surface area contributed by atoms with E-state index in [1.54, 1.807) is 16.8 Å². The van der Waals surface area contributed by atoms with E-state index in [-0.39, 0.29) is 4.90 Å². The third kappa shape index (κ3) is 2.61. The minimum absolute atomic E-state index is 0.0443. The summed E-state index contributed by atoms with van der Waals surface area (Å²) in [4.78, 5) is 8.34. The van der Waals surface area contributed by atoms with Crippen LogP contribution < -0.4 is 10.5 Å². The summed E-state index contributed by atoms with van der Waals surface area (Å²) in [5.41, 5.74) is 1.82. The molecule has 2 heterocycles. The molecule has 3 aromatic rings. The highest BCUT2D eigenvalue weighted by molar-refractivity contribution is 7.89. The number of nitrogens with one attached hydrogen (secondary N) is 1. The lowest BCUT2D eigenvalue weighted by Gasteiger charge is -2.06. The molecule has 0 aliphatic carbocycles. The highest BCUT2D eigenvalue weighted by Crippen LogP contribution is 2.21. The van der Waals surface area contributed by atoms with Gasteiger partial charge in [-0.25, -0.2) is 28.2 Å². The first-order valence-electron chi connectivity index (χ1n) is 6.43. The Labute approximate surface area is 126 Å². The van der Waals surface area contributed by atoms with E-state index >= 15 is 0 Å². The zero-order chi connectivity index (χ0) is 15.7. The van der Waals surface area contributed by atoms with Crippen LogP contribution in [0.25, 0.3) is 11.2 Å². The monoisotopic (exact) mass is 319 g/mol. The lowest BCUT2D eigenvalue weighted by Crippen LogP contribution is -2.11. The molecule has 22 heavy (non-hydrogen) atoms. The molecule has 2 aromatic heterocycles. The molecule has 3 rings (SSSR count). The van der Waals surface area contributed by atoms with Crippen LogP contribution in [0.4, 0.5) is 11.5 Å². The maximum Gasteiger partial charge on any atom is 0.238 e. The van der Waals surface area contributed by atoms with Crippen LogP contribution in [-0.2, 0) is 16.6 Å². The third-order valence-corrected chi connectivity index (χ3v) is 3.97. The van der Waals surface area contributed by atoms with Gasteiger partial charge in [0.2, 0.25) is 10.0 Å². The summed E-state index contributed by atoms with van der Waals surface area (Å²) in [5.74, 6) is 0.494. The number of anilines is 2. The first-order valence-corrected chi connectivity index (χ1v) is 7.98. The van der Waals surface area contributed by atoms with Crippen molar-refractivity contribution >= 4 is 32.7 Å². The Balaban J connectivity index is 1.95. The number of benzene rings is 1. The lowest BCUT2D eigenvalue weighted by atomic mass is 10.3. The van der Waals surface area contributed by atoms with E-state index in [1.165, 1.54) is 18.5 Å². The highest BCUT2D eigenvalue weighted by atomic mass is 32.2. The quantitative estimate of drug-likeness (QED) is 0.721. The van der Waals surface area contributed by atoms with Gasteiger partial charge in [0.1, 0.15) is 6.33 Å². The molecule has 0 saturated heterocycles. The minimum Gasteiger partial charge on any atom is -0.338 e. The van der Waals surface area contributed by atoms with Crippen LogP contribution in [0.3, 0.4) is 0 Å². The first kappa shape index (κ1) is 14.4. The molecule has 0 aliphatic heterocycles. The van der Waals surface area contributed by atoms with Gasteiger partial charge < -0.3 is 5.32 Å². The lowest BCUT2D eigenvalue weighted by molar-refractivity contribution is 0.598. The summed E-state index contributed by atoms with van der Waals surface area (Å²) < 4.78 is 24.1. The van der Waals surface area contributed by atoms with Gasteiger partial charge in [0.05, 0.1) is 4.90 Å². The number of nitrogens with zero attached hydrogens (tertiary/aromatic N) is 5. The van der Waals surface area contributed by atoms with Crippen LogP contribution in [0.15, 0.2) is 35.5 Å². The molecule has 114 valence electrons. The second-order valence-electron chi connectivity index (χ2n) is 4.49. The van der Waals surface area contributed by atoms with Crippen molar-refractivity contribution in [2.75, 3.05) is 5.32 Å². The van der Waals surface area contributed by atoms with E-state index in [0.717, 1.165) is 0 Å². The van der Waals surface area contributed by atoms with Gasteiger partial charge in [0.25, 0.3) is 0 Å². The number of hydrogen-bond donors (Lipinski definition) is 2. The van der Waals surface area contributed by atoms with Gasteiger partial charge in [-0.15, -0.1) is 5.10 Å². The van der Waals surface area contributed by atoms with E-state index in [1.807, 2.05) is 6.92 Å². The summed E-state index contributed by atoms with van der Waals surface area (Å²) in [6.45, 7) is 2.59. The fraction of sp³-hybridized carbons (Fsp3) is 0.167. The number of fused-ring (bicyclic) bond motifs is 1. The first-order chi connectivity index (χ1) is 10.5. The van der Waals surface area contributed by atoms with Gasteiger partial charge in [0.15, 0.2) is 17.0 Å². The fourth-order valence-corrected chi connectivity index (χ4v) is 2.48. The molecule has 0 unspecified atom stereocenters. The van der Waals surface area contributed by atoms with Crippen molar-refractivity contribution in [3.8, 4) is 0 Å². The molecule has 0 bridgehead atoms. The van der Waals surface area contributed by atoms with E-state index in [2.05, 4.69) is 25.6 Å². The van der Waals surface area contributed by atoms with Gasteiger partial charge in [-0.3, -0.25) is 0 Å². The second kappa shape index (κ2) is 5.31. The molecular formula is C12H13N7O2S. The van der Waals surface area contributed by atoms with Gasteiger partial charge in [-0.05, 0) is 31.2 Å². The predicted octanol–water partition coefficient (Wildman–Crippen LogP) is 0.632. The molecule has 9 nitrogen and oxygen atoms in total. The van der Waals surface area contributed by atoms with Crippen molar-refractivity contribution in [2.45, 2.75) is 18.4 Å². The number of primary sulfonamides is 1. The highest BCUT2D eigenvalue weighted by Gasteiger charge is 2.12. The van der Waals surface area contributed by atoms with Gasteiger partial charge >= 0.3 is 0 Å². The largest absolute Gasteiger partial charge is 0.338 e. The Bertz CT molecular complexity index is 918. The van der Waals surface area contributed by atoms with Crippen LogP contribution in [0.5, 0.6) is 0 Å². The molecular weight excluding hydrogens is 306 g/mol. The molecule has 10 heteroatoms. The summed E-state index contributed by atoms with van der Waals surface area (Å²) in [6.07, 6.45) is 1.42. The molecule has 0 aliphatic rings. The maximum atomic E-state index is 11.2. The number of nitrogens with two attached hydrogens (primary N) is 1. The topological polar surface area (TPSA) is 129 Å². The molecule has 0 atom stereocenters. The standard InChI is InChI=1S/C12H13N7O2S/c1-2-19-12-10(17-18-19)11(14-7-15-12)16-8-3-5-9(6-4-8)22(13,20)21/h3-7H,2H2,1H3,(H2,13,20,21)(H,14,15,16). The van der Waals surface area contributed by atoms with E-state index in [4.69, 9.17) is 5.14 Å². The second-order valence-corrected chi connectivity index (χ2v) is 6.06. The maximum absolute atomic E-state index is 11.2. The van der Waals surface area contributed by atoms with Crippen LogP contribution in [-0.4, -0.2) is 33.4 Å². The SMILES string of the molecule is CCn1nnc2c(Nc3ccc(S(N)(=O)=O)cc3)ncnc21. The summed E-state index contributed by atoms with van der Waals surface area (Å²) in [5, 5.41) is 16.2. The number of sulfonamides is 1. The molecule has 1 aromatic carbocycles. The Kier molecular flexibility index (Phi) is 3.47. The smallest absolute Gasteiger partial charge is 0.238 e. The Hall–Kier alpha value is -2.59. The number of hydrogen-bond acceptors (Lipinski definition) is 7. The Morgan fingerprint density at radius 2 is 1.95 bits per heavy atom. The van der Waals surface area contributed by atoms with Gasteiger partial charge in [-0.1, -0.05) is 5.21 Å². The van der Waals surface area contributed by atoms with Crippen molar-refractivity contribution in [3.63, 3.8) is 0 Å². The zero-order valence-corrected chi connectivity index (χ0v) is 12.4.